The van der Waals surface area contributed by atoms with Gasteiger partial charge in [-0.15, -0.1) is 0 Å². The van der Waals surface area contributed by atoms with Crippen LogP contribution in [-0.4, -0.2) is 38.2 Å². The van der Waals surface area contributed by atoms with E-state index in [1.54, 1.807) is 18.2 Å². The summed E-state index contributed by atoms with van der Waals surface area (Å²) in [5.41, 5.74) is 2.79. The van der Waals surface area contributed by atoms with Crippen LogP contribution in [0, 0.1) is 0 Å². The molecule has 2 aromatic carbocycles. The smallest absolute Gasteiger partial charge is 0.261 e. The molecule has 0 aliphatic carbocycles. The average molecular weight is 474 g/mol. The summed E-state index contributed by atoms with van der Waals surface area (Å²) < 4.78 is 9.31. The van der Waals surface area contributed by atoms with E-state index in [4.69, 9.17) is 9.72 Å². The lowest BCUT2D eigenvalue weighted by atomic mass is 10.1. The number of ether oxygens (including phenoxy) is 1. The van der Waals surface area contributed by atoms with Gasteiger partial charge in [-0.25, -0.2) is 9.97 Å². The van der Waals surface area contributed by atoms with E-state index in [-0.39, 0.29) is 11.5 Å². The SMILES string of the molecule is CCOCCCn1c(NC(=O)c2ccc3c(=O)n4c(nc3c2)CCCCCC4)nc2ccccc21. The fourth-order valence-electron chi connectivity index (χ4n) is 4.78. The zero-order chi connectivity index (χ0) is 24.2. The van der Waals surface area contributed by atoms with Crippen molar-refractivity contribution in [3.05, 3.63) is 64.2 Å². The molecule has 5 rings (SSSR count). The molecule has 182 valence electrons. The maximum Gasteiger partial charge on any atom is 0.261 e. The van der Waals surface area contributed by atoms with Crippen molar-refractivity contribution >= 4 is 33.8 Å². The first kappa shape index (κ1) is 23.2. The molecule has 1 aliphatic heterocycles. The molecule has 0 radical (unpaired) electrons. The molecule has 8 nitrogen and oxygen atoms in total. The summed E-state index contributed by atoms with van der Waals surface area (Å²) in [6, 6.07) is 13.0. The van der Waals surface area contributed by atoms with E-state index >= 15 is 0 Å². The Hall–Kier alpha value is -3.52. The van der Waals surface area contributed by atoms with Crippen molar-refractivity contribution in [1.82, 2.24) is 19.1 Å². The van der Waals surface area contributed by atoms with E-state index in [9.17, 15) is 9.59 Å². The third-order valence-corrected chi connectivity index (χ3v) is 6.58. The molecule has 1 N–H and O–H groups in total. The minimum atomic E-state index is -0.276. The summed E-state index contributed by atoms with van der Waals surface area (Å²) in [5, 5.41) is 3.53. The summed E-state index contributed by atoms with van der Waals surface area (Å²) in [4.78, 5) is 35.8. The van der Waals surface area contributed by atoms with E-state index in [1.165, 1.54) is 0 Å². The first-order valence-corrected chi connectivity index (χ1v) is 12.5. The van der Waals surface area contributed by atoms with Crippen LogP contribution in [0.5, 0.6) is 0 Å². The molecular formula is C27H31N5O3. The van der Waals surface area contributed by atoms with Crippen LogP contribution in [0.4, 0.5) is 5.95 Å². The molecule has 1 amide bonds. The van der Waals surface area contributed by atoms with Crippen molar-refractivity contribution in [2.24, 2.45) is 0 Å². The first-order valence-electron chi connectivity index (χ1n) is 12.5. The van der Waals surface area contributed by atoms with Gasteiger partial charge in [0.2, 0.25) is 5.95 Å². The highest BCUT2D eigenvalue weighted by Gasteiger charge is 2.17. The van der Waals surface area contributed by atoms with Crippen LogP contribution in [0.3, 0.4) is 0 Å². The Balaban J connectivity index is 1.44. The third-order valence-electron chi connectivity index (χ3n) is 6.58. The van der Waals surface area contributed by atoms with Crippen LogP contribution in [-0.2, 0) is 24.2 Å². The van der Waals surface area contributed by atoms with Crippen LogP contribution in [0.15, 0.2) is 47.3 Å². The van der Waals surface area contributed by atoms with E-state index in [2.05, 4.69) is 10.3 Å². The van der Waals surface area contributed by atoms with Crippen LogP contribution in [0.25, 0.3) is 21.9 Å². The highest BCUT2D eigenvalue weighted by Crippen LogP contribution is 2.22. The number of aromatic nitrogens is 4. The minimum absolute atomic E-state index is 0.0186. The number of aryl methyl sites for hydroxylation is 2. The normalized spacial score (nSPS) is 14.0. The summed E-state index contributed by atoms with van der Waals surface area (Å²) >= 11 is 0. The van der Waals surface area contributed by atoms with Crippen molar-refractivity contribution in [3.8, 4) is 0 Å². The number of imidazole rings is 1. The molecule has 0 saturated heterocycles. The van der Waals surface area contributed by atoms with Gasteiger partial charge >= 0.3 is 0 Å². The van der Waals surface area contributed by atoms with Crippen molar-refractivity contribution in [1.29, 1.82) is 0 Å². The fourth-order valence-corrected chi connectivity index (χ4v) is 4.78. The quantitative estimate of drug-likeness (QED) is 0.398. The number of amides is 1. The van der Waals surface area contributed by atoms with Crippen molar-refractivity contribution < 1.29 is 9.53 Å². The van der Waals surface area contributed by atoms with Gasteiger partial charge in [-0.05, 0) is 56.5 Å². The Morgan fingerprint density at radius 2 is 1.91 bits per heavy atom. The van der Waals surface area contributed by atoms with Gasteiger partial charge in [-0.2, -0.15) is 0 Å². The molecule has 0 saturated carbocycles. The molecule has 35 heavy (non-hydrogen) atoms. The molecule has 0 unspecified atom stereocenters. The minimum Gasteiger partial charge on any atom is -0.382 e. The number of hydrogen-bond acceptors (Lipinski definition) is 5. The number of rotatable bonds is 7. The monoisotopic (exact) mass is 473 g/mol. The van der Waals surface area contributed by atoms with E-state index < -0.39 is 0 Å². The number of fused-ring (bicyclic) bond motifs is 3. The van der Waals surface area contributed by atoms with Gasteiger partial charge in [-0.1, -0.05) is 25.0 Å². The standard InChI is InChI=1S/C27H31N5O3/c1-2-35-17-9-16-31-23-11-7-6-10-21(23)29-27(31)30-25(33)19-13-14-20-22(18-19)28-24-12-5-3-4-8-15-32(24)26(20)34/h6-7,10-11,13-14,18H,2-5,8-9,12,15-17H2,1H3,(H,29,30,33). The second kappa shape index (κ2) is 10.4. The van der Waals surface area contributed by atoms with E-state index in [0.717, 1.165) is 55.4 Å². The zero-order valence-electron chi connectivity index (χ0n) is 20.1. The largest absolute Gasteiger partial charge is 0.382 e. The maximum absolute atomic E-state index is 13.2. The molecule has 4 aromatic rings. The fraction of sp³-hybridized carbons (Fsp3) is 0.407. The number of hydrogen-bond donors (Lipinski definition) is 1. The highest BCUT2D eigenvalue weighted by molar-refractivity contribution is 6.05. The van der Waals surface area contributed by atoms with Crippen LogP contribution >= 0.6 is 0 Å². The van der Waals surface area contributed by atoms with Crippen molar-refractivity contribution in [3.63, 3.8) is 0 Å². The van der Waals surface area contributed by atoms with Gasteiger partial charge in [0.15, 0.2) is 0 Å². The second-order valence-corrected chi connectivity index (χ2v) is 8.96. The molecule has 0 fully saturated rings. The average Bonchev–Trinajstić information content (AvgIpc) is 3.19. The van der Waals surface area contributed by atoms with Crippen LogP contribution < -0.4 is 10.9 Å². The second-order valence-electron chi connectivity index (χ2n) is 8.96. The van der Waals surface area contributed by atoms with E-state index in [0.29, 0.717) is 48.7 Å². The first-order chi connectivity index (χ1) is 17.2. The summed E-state index contributed by atoms with van der Waals surface area (Å²) in [5.74, 6) is 1.04. The summed E-state index contributed by atoms with van der Waals surface area (Å²) in [6.45, 7) is 4.69. The number of carbonyl (C=O) groups is 1. The lowest BCUT2D eigenvalue weighted by Gasteiger charge is -2.16. The Kier molecular flexibility index (Phi) is 6.90. The molecule has 0 atom stereocenters. The van der Waals surface area contributed by atoms with Crippen molar-refractivity contribution in [2.75, 3.05) is 18.5 Å². The number of carbonyl (C=O) groups excluding carboxylic acids is 1. The Morgan fingerprint density at radius 3 is 2.80 bits per heavy atom. The molecule has 3 heterocycles. The van der Waals surface area contributed by atoms with Gasteiger partial charge in [0.25, 0.3) is 11.5 Å². The molecule has 8 heteroatoms. The molecule has 1 aliphatic rings. The molecule has 0 bridgehead atoms. The number of anilines is 1. The molecular weight excluding hydrogens is 442 g/mol. The van der Waals surface area contributed by atoms with Gasteiger partial charge < -0.3 is 9.30 Å². The van der Waals surface area contributed by atoms with Gasteiger partial charge in [-0.3, -0.25) is 19.5 Å². The molecule has 2 aromatic heterocycles. The van der Waals surface area contributed by atoms with Crippen LogP contribution in [0.2, 0.25) is 0 Å². The van der Waals surface area contributed by atoms with Gasteiger partial charge in [0, 0.05) is 38.3 Å². The maximum atomic E-state index is 13.2. The van der Waals surface area contributed by atoms with Crippen LogP contribution in [0.1, 0.15) is 55.2 Å². The number of para-hydroxylation sites is 2. The van der Waals surface area contributed by atoms with Gasteiger partial charge in [0.1, 0.15) is 5.82 Å². The topological polar surface area (TPSA) is 91.0 Å². The number of nitrogens with one attached hydrogen (secondary N) is 1. The van der Waals surface area contributed by atoms with Gasteiger partial charge in [0.05, 0.1) is 21.9 Å². The number of benzene rings is 2. The summed E-state index contributed by atoms with van der Waals surface area (Å²) in [6.07, 6.45) is 5.91. The predicted octanol–water partition coefficient (Wildman–Crippen LogP) is 4.54. The Labute approximate surface area is 203 Å². The van der Waals surface area contributed by atoms with Crippen molar-refractivity contribution in [2.45, 2.75) is 58.5 Å². The predicted molar refractivity (Wildman–Crippen MR) is 137 cm³/mol. The molecule has 0 spiro atoms. The van der Waals surface area contributed by atoms with E-state index in [1.807, 2.05) is 40.3 Å². The Morgan fingerprint density at radius 1 is 1.06 bits per heavy atom. The lowest BCUT2D eigenvalue weighted by molar-refractivity contribution is 0.102. The third kappa shape index (κ3) is 4.84. The number of nitrogens with zero attached hydrogens (tertiary/aromatic N) is 4. The zero-order valence-corrected chi connectivity index (χ0v) is 20.1. The summed E-state index contributed by atoms with van der Waals surface area (Å²) in [7, 11) is 0. The highest BCUT2D eigenvalue weighted by atomic mass is 16.5. The lowest BCUT2D eigenvalue weighted by Crippen LogP contribution is -2.26. The Bertz CT molecular complexity index is 1420.